The average molecular weight is 413 g/mol. The molecule has 1 aliphatic heterocycles. The average Bonchev–Trinajstić information content (AvgIpc) is 2.98. The fourth-order valence-corrected chi connectivity index (χ4v) is 2.77. The van der Waals surface area contributed by atoms with Gasteiger partial charge in [-0.1, -0.05) is 0 Å². The monoisotopic (exact) mass is 413 g/mol. The number of hydrogen-bond donors (Lipinski definition) is 4. The molecule has 2 aromatic rings. The summed E-state index contributed by atoms with van der Waals surface area (Å²) in [6, 6.07) is 7.93. The Morgan fingerprint density at radius 3 is 2.27 bits per heavy atom. The topological polar surface area (TPSA) is 137 Å². The molecule has 156 valence electrons. The van der Waals surface area contributed by atoms with Gasteiger partial charge in [-0.15, -0.1) is 0 Å². The largest absolute Gasteiger partial charge is 0.508 e. The van der Waals surface area contributed by atoms with Crippen molar-refractivity contribution in [2.24, 2.45) is 0 Å². The Morgan fingerprint density at radius 2 is 1.70 bits per heavy atom. The molecule has 0 radical (unpaired) electrons. The zero-order valence-corrected chi connectivity index (χ0v) is 16.1. The third kappa shape index (κ3) is 4.27. The van der Waals surface area contributed by atoms with Crippen molar-refractivity contribution in [1.82, 2.24) is 10.2 Å². The minimum atomic E-state index is -0.746. The van der Waals surface area contributed by atoms with Crippen LogP contribution in [0.4, 0.5) is 10.5 Å². The second kappa shape index (κ2) is 8.43. The van der Waals surface area contributed by atoms with Crippen molar-refractivity contribution in [3.8, 4) is 23.0 Å². The molecule has 0 saturated carbocycles. The Labute approximate surface area is 171 Å². The molecule has 0 spiro atoms. The maximum Gasteiger partial charge on any atom is 0.329 e. The van der Waals surface area contributed by atoms with Crippen LogP contribution in [0.1, 0.15) is 5.56 Å². The summed E-state index contributed by atoms with van der Waals surface area (Å²) in [5.41, 5.74) is 0.789. The molecule has 1 fully saturated rings. The summed E-state index contributed by atoms with van der Waals surface area (Å²) >= 11 is 0. The maximum absolute atomic E-state index is 12.6. The van der Waals surface area contributed by atoms with Gasteiger partial charge < -0.3 is 30.3 Å². The molecule has 10 nitrogen and oxygen atoms in total. The first-order chi connectivity index (χ1) is 14.3. The maximum atomic E-state index is 12.6. The zero-order chi connectivity index (χ0) is 21.8. The third-order valence-corrected chi connectivity index (χ3v) is 4.23. The predicted octanol–water partition coefficient (Wildman–Crippen LogP) is 1.65. The molecule has 1 saturated heterocycles. The van der Waals surface area contributed by atoms with Crippen LogP contribution < -0.4 is 20.1 Å². The van der Waals surface area contributed by atoms with E-state index in [1.54, 1.807) is 0 Å². The minimum Gasteiger partial charge on any atom is -0.508 e. The van der Waals surface area contributed by atoms with E-state index in [0.29, 0.717) is 11.3 Å². The molecule has 0 aromatic heterocycles. The highest BCUT2D eigenvalue weighted by molar-refractivity contribution is 6.16. The first kappa shape index (κ1) is 20.5. The van der Waals surface area contributed by atoms with Gasteiger partial charge in [0.05, 0.1) is 14.2 Å². The first-order valence-corrected chi connectivity index (χ1v) is 8.70. The van der Waals surface area contributed by atoms with Crippen molar-refractivity contribution in [2.45, 2.75) is 0 Å². The van der Waals surface area contributed by atoms with Gasteiger partial charge in [-0.3, -0.25) is 9.59 Å². The molecule has 0 unspecified atom stereocenters. The van der Waals surface area contributed by atoms with Crippen LogP contribution in [0.2, 0.25) is 0 Å². The van der Waals surface area contributed by atoms with Gasteiger partial charge in [-0.2, -0.15) is 0 Å². The molecule has 1 aliphatic rings. The fourth-order valence-electron chi connectivity index (χ4n) is 2.77. The predicted molar refractivity (Wildman–Crippen MR) is 106 cm³/mol. The van der Waals surface area contributed by atoms with Gasteiger partial charge in [-0.25, -0.2) is 9.69 Å². The second-order valence-corrected chi connectivity index (χ2v) is 6.25. The number of methoxy groups -OCH3 is 2. The summed E-state index contributed by atoms with van der Waals surface area (Å²) in [5, 5.41) is 24.2. The standard InChI is InChI=1S/C20H19N3O7/c1-29-15-8-11(9-16(30-2)18(15)26)7-14-19(27)23(20(28)22-14)10-17(25)21-12-3-5-13(24)6-4-12/h3-9,24,26H,10H2,1-2H3,(H,21,25)(H,22,28)/b14-7-. The highest BCUT2D eigenvalue weighted by atomic mass is 16.5. The van der Waals surface area contributed by atoms with E-state index in [1.807, 2.05) is 0 Å². The lowest BCUT2D eigenvalue weighted by Crippen LogP contribution is -2.38. The molecule has 4 N–H and O–H groups in total. The van der Waals surface area contributed by atoms with Crippen LogP contribution >= 0.6 is 0 Å². The molecule has 0 atom stereocenters. The number of rotatable bonds is 6. The molecular formula is C20H19N3O7. The van der Waals surface area contributed by atoms with Gasteiger partial charge in [0.25, 0.3) is 5.91 Å². The normalized spacial score (nSPS) is 14.6. The van der Waals surface area contributed by atoms with E-state index < -0.39 is 24.4 Å². The van der Waals surface area contributed by atoms with Gasteiger partial charge in [-0.05, 0) is 48.0 Å². The van der Waals surface area contributed by atoms with Crippen molar-refractivity contribution in [3.05, 3.63) is 47.7 Å². The molecule has 30 heavy (non-hydrogen) atoms. The van der Waals surface area contributed by atoms with Crippen molar-refractivity contribution < 1.29 is 34.1 Å². The van der Waals surface area contributed by atoms with Crippen molar-refractivity contribution in [3.63, 3.8) is 0 Å². The summed E-state index contributed by atoms with van der Waals surface area (Å²) in [5.74, 6) is -1.17. The highest BCUT2D eigenvalue weighted by Gasteiger charge is 2.35. The van der Waals surface area contributed by atoms with Gasteiger partial charge >= 0.3 is 6.03 Å². The number of phenols is 2. The number of anilines is 1. The Bertz CT molecular complexity index is 1010. The van der Waals surface area contributed by atoms with E-state index >= 15 is 0 Å². The Balaban J connectivity index is 1.75. The number of amides is 4. The molecular weight excluding hydrogens is 394 g/mol. The minimum absolute atomic E-state index is 0.0411. The number of hydrogen-bond acceptors (Lipinski definition) is 7. The van der Waals surface area contributed by atoms with Crippen molar-refractivity contribution in [1.29, 1.82) is 0 Å². The van der Waals surface area contributed by atoms with Gasteiger partial charge in [0.2, 0.25) is 11.7 Å². The van der Waals surface area contributed by atoms with Crippen LogP contribution in [-0.4, -0.2) is 53.7 Å². The number of urea groups is 1. The fraction of sp³-hybridized carbons (Fsp3) is 0.150. The van der Waals surface area contributed by atoms with Crippen LogP contribution in [0.3, 0.4) is 0 Å². The van der Waals surface area contributed by atoms with E-state index in [0.717, 1.165) is 4.90 Å². The van der Waals surface area contributed by atoms with E-state index in [9.17, 15) is 24.6 Å². The Morgan fingerprint density at radius 1 is 1.10 bits per heavy atom. The number of phenolic OH excluding ortho intramolecular Hbond substituents is 2. The molecule has 2 aromatic carbocycles. The number of nitrogens with zero attached hydrogens (tertiary/aromatic N) is 1. The smallest absolute Gasteiger partial charge is 0.329 e. The number of nitrogens with one attached hydrogen (secondary N) is 2. The summed E-state index contributed by atoms with van der Waals surface area (Å²) < 4.78 is 10.1. The van der Waals surface area contributed by atoms with E-state index in [-0.39, 0.29) is 28.7 Å². The molecule has 3 rings (SSSR count). The number of ether oxygens (including phenoxy) is 2. The van der Waals surface area contributed by atoms with Gasteiger partial charge in [0.15, 0.2) is 11.5 Å². The van der Waals surface area contributed by atoms with Crippen molar-refractivity contribution in [2.75, 3.05) is 26.1 Å². The van der Waals surface area contributed by atoms with Crippen LogP contribution in [0.15, 0.2) is 42.1 Å². The third-order valence-electron chi connectivity index (χ3n) is 4.23. The number of carbonyl (C=O) groups excluding carboxylic acids is 3. The second-order valence-electron chi connectivity index (χ2n) is 6.25. The molecule has 4 amide bonds. The highest BCUT2D eigenvalue weighted by Crippen LogP contribution is 2.37. The Hall–Kier alpha value is -4.21. The summed E-state index contributed by atoms with van der Waals surface area (Å²) in [6.45, 7) is -0.495. The molecule has 10 heteroatoms. The lowest BCUT2D eigenvalue weighted by molar-refractivity contribution is -0.127. The summed E-state index contributed by atoms with van der Waals surface area (Å²) in [7, 11) is 2.73. The van der Waals surface area contributed by atoms with Crippen LogP contribution in [-0.2, 0) is 9.59 Å². The lowest BCUT2D eigenvalue weighted by atomic mass is 10.1. The molecule has 1 heterocycles. The van der Waals surface area contributed by atoms with Crippen LogP contribution in [0, 0.1) is 0 Å². The summed E-state index contributed by atoms with van der Waals surface area (Å²) in [6.07, 6.45) is 1.38. The van der Waals surface area contributed by atoms with E-state index in [4.69, 9.17) is 9.47 Å². The first-order valence-electron chi connectivity index (χ1n) is 8.70. The van der Waals surface area contributed by atoms with E-state index in [1.165, 1.54) is 56.7 Å². The Kier molecular flexibility index (Phi) is 5.77. The molecule has 0 aliphatic carbocycles. The quantitative estimate of drug-likeness (QED) is 0.321. The van der Waals surface area contributed by atoms with Gasteiger partial charge in [0, 0.05) is 5.69 Å². The van der Waals surface area contributed by atoms with Crippen LogP contribution in [0.5, 0.6) is 23.0 Å². The number of imide groups is 1. The zero-order valence-electron chi connectivity index (χ0n) is 16.1. The number of aromatic hydroxyl groups is 2. The molecule has 0 bridgehead atoms. The summed E-state index contributed by atoms with van der Waals surface area (Å²) in [4.78, 5) is 37.7. The SMILES string of the molecule is COc1cc(/C=C2\NC(=O)N(CC(=O)Nc3ccc(O)cc3)C2=O)cc(OC)c1O. The van der Waals surface area contributed by atoms with Crippen molar-refractivity contribution >= 4 is 29.6 Å². The van der Waals surface area contributed by atoms with Crippen LogP contribution in [0.25, 0.3) is 6.08 Å². The van der Waals surface area contributed by atoms with Gasteiger partial charge in [0.1, 0.15) is 18.0 Å². The number of benzene rings is 2. The number of carbonyl (C=O) groups is 3. The lowest BCUT2D eigenvalue weighted by Gasteiger charge is -2.12. The van der Waals surface area contributed by atoms with E-state index in [2.05, 4.69) is 10.6 Å².